The zero-order valence-corrected chi connectivity index (χ0v) is 22.2. The van der Waals surface area contributed by atoms with Gasteiger partial charge in [0.15, 0.2) is 0 Å². The summed E-state index contributed by atoms with van der Waals surface area (Å²) in [6.45, 7) is 7.19. The molecule has 7 heteroatoms. The number of ether oxygens (including phenoxy) is 3. The molecule has 0 saturated carbocycles. The van der Waals surface area contributed by atoms with E-state index in [1.54, 1.807) is 30.3 Å². The number of carbonyl (C=O) groups excluding carboxylic acids is 2. The number of nitrogens with zero attached hydrogens (tertiary/aromatic N) is 1. The van der Waals surface area contributed by atoms with Crippen molar-refractivity contribution in [3.8, 4) is 11.5 Å². The molecule has 4 rings (SSSR count). The maximum atomic E-state index is 13.2. The molecule has 1 heterocycles. The van der Waals surface area contributed by atoms with Crippen LogP contribution in [0.1, 0.15) is 40.8 Å². The van der Waals surface area contributed by atoms with Gasteiger partial charge in [0.05, 0.1) is 24.8 Å². The fourth-order valence-electron chi connectivity index (χ4n) is 4.51. The molecular weight excluding hydrogens is 482 g/mol. The Morgan fingerprint density at radius 3 is 2.29 bits per heavy atom. The summed E-state index contributed by atoms with van der Waals surface area (Å²) in [4.78, 5) is 27.7. The summed E-state index contributed by atoms with van der Waals surface area (Å²) in [5.74, 6) is -0.266. The summed E-state index contributed by atoms with van der Waals surface area (Å²) in [7, 11) is 1.54. The molecule has 1 atom stereocenters. The number of hydrogen-bond donors (Lipinski definition) is 1. The topological polar surface area (TPSA) is 85.3 Å². The minimum Gasteiger partial charge on any atom is -0.507 e. The van der Waals surface area contributed by atoms with Crippen molar-refractivity contribution in [2.45, 2.75) is 33.4 Å². The molecule has 0 bridgehead atoms. The first-order chi connectivity index (χ1) is 18.3. The second kappa shape index (κ2) is 12.0. The monoisotopic (exact) mass is 515 g/mol. The van der Waals surface area contributed by atoms with E-state index >= 15 is 0 Å². The number of ketones is 1. The number of amides is 1. The van der Waals surface area contributed by atoms with E-state index in [1.807, 2.05) is 57.2 Å². The third-order valence-corrected chi connectivity index (χ3v) is 6.55. The van der Waals surface area contributed by atoms with Gasteiger partial charge < -0.3 is 24.2 Å². The summed E-state index contributed by atoms with van der Waals surface area (Å²) >= 11 is 0. The Hall–Kier alpha value is -4.10. The molecule has 7 nitrogen and oxygen atoms in total. The van der Waals surface area contributed by atoms with Gasteiger partial charge >= 0.3 is 0 Å². The molecule has 0 aromatic heterocycles. The fraction of sp³-hybridized carbons (Fsp3) is 0.290. The number of aryl methyl sites for hydroxylation is 2. The standard InChI is InChI=1S/C31H33NO6/c1-5-37-26-15-12-24(18-21(26)3)29(33)27-28(32(16-17-36-4)31(35)30(27)34)23-10-13-25(14-11-23)38-19-22-8-6-20(2)7-9-22/h6-15,18,28,33H,5,16-17,19H2,1-4H3/b29-27-. The summed E-state index contributed by atoms with van der Waals surface area (Å²) in [6, 6.07) is 19.8. The van der Waals surface area contributed by atoms with Gasteiger partial charge in [0.2, 0.25) is 0 Å². The lowest BCUT2D eigenvalue weighted by molar-refractivity contribution is -0.140. The highest BCUT2D eigenvalue weighted by molar-refractivity contribution is 6.46. The molecule has 1 unspecified atom stereocenters. The molecule has 1 N–H and O–H groups in total. The molecule has 3 aromatic carbocycles. The van der Waals surface area contributed by atoms with E-state index in [2.05, 4.69) is 0 Å². The average Bonchev–Trinajstić information content (AvgIpc) is 3.17. The van der Waals surface area contributed by atoms with Crippen LogP contribution in [0.15, 0.2) is 72.3 Å². The SMILES string of the molecule is CCOc1ccc(/C(O)=C2/C(=O)C(=O)N(CCOC)C2c2ccc(OCc3ccc(C)cc3)cc2)cc1C. The predicted octanol–water partition coefficient (Wildman–Crippen LogP) is 5.35. The molecule has 1 aliphatic rings. The van der Waals surface area contributed by atoms with E-state index in [9.17, 15) is 14.7 Å². The third kappa shape index (κ3) is 5.73. The molecule has 1 saturated heterocycles. The smallest absolute Gasteiger partial charge is 0.295 e. The van der Waals surface area contributed by atoms with Gasteiger partial charge in [-0.3, -0.25) is 9.59 Å². The van der Waals surface area contributed by atoms with Crippen molar-refractivity contribution < 1.29 is 28.9 Å². The van der Waals surface area contributed by atoms with Crippen molar-refractivity contribution in [3.63, 3.8) is 0 Å². The van der Waals surface area contributed by atoms with Crippen LogP contribution in [-0.4, -0.2) is 48.6 Å². The normalized spacial score (nSPS) is 16.6. The van der Waals surface area contributed by atoms with Crippen molar-refractivity contribution in [3.05, 3.63) is 100 Å². The minimum atomic E-state index is -0.761. The molecule has 1 amide bonds. The quantitative estimate of drug-likeness (QED) is 0.223. The predicted molar refractivity (Wildman–Crippen MR) is 145 cm³/mol. The highest BCUT2D eigenvalue weighted by Gasteiger charge is 2.45. The lowest BCUT2D eigenvalue weighted by Gasteiger charge is -2.25. The Bertz CT molecular complexity index is 1330. The van der Waals surface area contributed by atoms with Crippen LogP contribution in [0.5, 0.6) is 11.5 Å². The summed E-state index contributed by atoms with van der Waals surface area (Å²) < 4.78 is 16.7. The minimum absolute atomic E-state index is 0.0444. The second-order valence-electron chi connectivity index (χ2n) is 9.24. The number of methoxy groups -OCH3 is 1. The molecule has 1 aliphatic heterocycles. The number of aliphatic hydroxyl groups excluding tert-OH is 1. The van der Waals surface area contributed by atoms with E-state index < -0.39 is 17.7 Å². The zero-order valence-electron chi connectivity index (χ0n) is 22.2. The van der Waals surface area contributed by atoms with Crippen molar-refractivity contribution in [2.24, 2.45) is 0 Å². The molecular formula is C31H33NO6. The van der Waals surface area contributed by atoms with Crippen LogP contribution in [0.4, 0.5) is 0 Å². The summed E-state index contributed by atoms with van der Waals surface area (Å²) in [5, 5.41) is 11.3. The Labute approximate surface area is 223 Å². The Morgan fingerprint density at radius 2 is 1.66 bits per heavy atom. The third-order valence-electron chi connectivity index (χ3n) is 6.55. The first-order valence-electron chi connectivity index (χ1n) is 12.6. The Kier molecular flexibility index (Phi) is 8.48. The lowest BCUT2D eigenvalue weighted by atomic mass is 9.94. The van der Waals surface area contributed by atoms with Crippen LogP contribution in [0.2, 0.25) is 0 Å². The van der Waals surface area contributed by atoms with Crippen LogP contribution < -0.4 is 9.47 Å². The van der Waals surface area contributed by atoms with Gasteiger partial charge in [0, 0.05) is 19.2 Å². The summed E-state index contributed by atoms with van der Waals surface area (Å²) in [5.41, 5.74) is 4.23. The van der Waals surface area contributed by atoms with Crippen molar-refractivity contribution >= 4 is 17.4 Å². The second-order valence-corrected chi connectivity index (χ2v) is 9.24. The van der Waals surface area contributed by atoms with Crippen LogP contribution in [0, 0.1) is 13.8 Å². The highest BCUT2D eigenvalue weighted by atomic mass is 16.5. The Morgan fingerprint density at radius 1 is 0.947 bits per heavy atom. The Balaban J connectivity index is 1.67. The van der Waals surface area contributed by atoms with Crippen molar-refractivity contribution in [1.82, 2.24) is 4.90 Å². The van der Waals surface area contributed by atoms with Gasteiger partial charge in [-0.25, -0.2) is 0 Å². The molecule has 0 aliphatic carbocycles. The number of rotatable bonds is 10. The van der Waals surface area contributed by atoms with Gasteiger partial charge in [-0.2, -0.15) is 0 Å². The van der Waals surface area contributed by atoms with E-state index in [-0.39, 0.29) is 24.5 Å². The maximum absolute atomic E-state index is 13.2. The van der Waals surface area contributed by atoms with Crippen molar-refractivity contribution in [2.75, 3.05) is 26.9 Å². The van der Waals surface area contributed by atoms with Crippen LogP contribution in [0.25, 0.3) is 5.76 Å². The van der Waals surface area contributed by atoms with Gasteiger partial charge in [0.25, 0.3) is 11.7 Å². The highest BCUT2D eigenvalue weighted by Crippen LogP contribution is 2.40. The number of benzene rings is 3. The molecule has 38 heavy (non-hydrogen) atoms. The first kappa shape index (κ1) is 26.9. The van der Waals surface area contributed by atoms with Crippen LogP contribution in [-0.2, 0) is 20.9 Å². The largest absolute Gasteiger partial charge is 0.507 e. The molecule has 198 valence electrons. The van der Waals surface area contributed by atoms with Gasteiger partial charge in [-0.05, 0) is 67.8 Å². The molecule has 0 spiro atoms. The van der Waals surface area contributed by atoms with Crippen molar-refractivity contribution in [1.29, 1.82) is 0 Å². The lowest BCUT2D eigenvalue weighted by Crippen LogP contribution is -2.32. The van der Waals surface area contributed by atoms with Crippen LogP contribution >= 0.6 is 0 Å². The van der Waals surface area contributed by atoms with Gasteiger partial charge in [-0.1, -0.05) is 42.0 Å². The van der Waals surface area contributed by atoms with E-state index in [4.69, 9.17) is 14.2 Å². The number of likely N-dealkylation sites (tertiary alicyclic amines) is 1. The first-order valence-corrected chi connectivity index (χ1v) is 12.6. The number of hydrogen-bond acceptors (Lipinski definition) is 6. The molecule has 0 radical (unpaired) electrons. The maximum Gasteiger partial charge on any atom is 0.295 e. The zero-order chi connectivity index (χ0) is 27.2. The average molecular weight is 516 g/mol. The summed E-state index contributed by atoms with van der Waals surface area (Å²) in [6.07, 6.45) is 0. The van der Waals surface area contributed by atoms with Gasteiger partial charge in [0.1, 0.15) is 23.9 Å². The van der Waals surface area contributed by atoms with E-state index in [0.29, 0.717) is 35.8 Å². The number of carbonyl (C=O) groups is 2. The number of Topliss-reactive ketones (excluding diaryl/α,β-unsaturated/α-hetero) is 1. The van der Waals surface area contributed by atoms with Crippen LogP contribution in [0.3, 0.4) is 0 Å². The van der Waals surface area contributed by atoms with Gasteiger partial charge in [-0.15, -0.1) is 0 Å². The molecule has 1 fully saturated rings. The van der Waals surface area contributed by atoms with E-state index in [0.717, 1.165) is 11.1 Å². The van der Waals surface area contributed by atoms with E-state index in [1.165, 1.54) is 17.6 Å². The fourth-order valence-corrected chi connectivity index (χ4v) is 4.51. The number of aliphatic hydroxyl groups is 1. The molecule has 3 aromatic rings.